The highest BCUT2D eigenvalue weighted by molar-refractivity contribution is 7.99. The number of rotatable bonds is 10. The van der Waals surface area contributed by atoms with Crippen LogP contribution in [0.5, 0.6) is 0 Å². The average Bonchev–Trinajstić information content (AvgIpc) is 3.47. The van der Waals surface area contributed by atoms with Crippen molar-refractivity contribution in [2.24, 2.45) is 0 Å². The number of anilines is 1. The van der Waals surface area contributed by atoms with Crippen molar-refractivity contribution in [2.75, 3.05) is 17.2 Å². The number of carbonyl (C=O) groups is 1. The highest BCUT2D eigenvalue weighted by atomic mass is 32.2. The lowest BCUT2D eigenvalue weighted by molar-refractivity contribution is -0.118. The van der Waals surface area contributed by atoms with Gasteiger partial charge in [-0.2, -0.15) is 0 Å². The first-order chi connectivity index (χ1) is 15.7. The summed E-state index contributed by atoms with van der Waals surface area (Å²) >= 11 is 3.41. The van der Waals surface area contributed by atoms with E-state index in [1.165, 1.54) is 10.5 Å². The van der Waals surface area contributed by atoms with Crippen LogP contribution in [0.1, 0.15) is 31.4 Å². The molecule has 0 saturated heterocycles. The van der Waals surface area contributed by atoms with E-state index in [0.717, 1.165) is 46.1 Å². The average molecular weight is 465 g/mol. The quantitative estimate of drug-likeness (QED) is 0.277. The molecular weight excluding hydrogens is 436 g/mol. The Morgan fingerprint density at radius 1 is 1.16 bits per heavy atom. The van der Waals surface area contributed by atoms with Crippen molar-refractivity contribution in [1.29, 1.82) is 0 Å². The van der Waals surface area contributed by atoms with Crippen LogP contribution in [-0.2, 0) is 24.2 Å². The molecule has 0 atom stereocenters. The Balaban J connectivity index is 1.55. The topological polar surface area (TPSA) is 51.0 Å². The van der Waals surface area contributed by atoms with Gasteiger partial charge in [0, 0.05) is 30.4 Å². The first-order valence-electron chi connectivity index (χ1n) is 11.0. The van der Waals surface area contributed by atoms with E-state index in [-0.39, 0.29) is 5.91 Å². The van der Waals surface area contributed by atoms with E-state index >= 15 is 0 Å². The Hall–Kier alpha value is -2.64. The zero-order chi connectivity index (χ0) is 22.3. The summed E-state index contributed by atoms with van der Waals surface area (Å²) in [6, 6.07) is 14.6. The molecule has 2 heterocycles. The van der Waals surface area contributed by atoms with Crippen LogP contribution >= 0.6 is 23.1 Å². The molecule has 0 fully saturated rings. The summed E-state index contributed by atoms with van der Waals surface area (Å²) in [7, 11) is 0. The van der Waals surface area contributed by atoms with Crippen LogP contribution in [0.4, 0.5) is 5.13 Å². The molecule has 166 valence electrons. The SMILES string of the molecule is CCSc1ccc(CC(=O)N(CCCn2ccnc2)c2nc3c(CC)cccc3s2)cc1. The van der Waals surface area contributed by atoms with Crippen LogP contribution in [0.15, 0.2) is 66.1 Å². The lowest BCUT2D eigenvalue weighted by atomic mass is 10.1. The predicted octanol–water partition coefficient (Wildman–Crippen LogP) is 5.83. The lowest BCUT2D eigenvalue weighted by Crippen LogP contribution is -2.33. The fourth-order valence-corrected chi connectivity index (χ4v) is 5.41. The Bertz CT molecular complexity index is 1150. The third-order valence-electron chi connectivity index (χ3n) is 5.35. The molecule has 0 radical (unpaired) electrons. The Labute approximate surface area is 197 Å². The van der Waals surface area contributed by atoms with Gasteiger partial charge in [-0.3, -0.25) is 9.69 Å². The second-order valence-electron chi connectivity index (χ2n) is 7.57. The second kappa shape index (κ2) is 10.8. The summed E-state index contributed by atoms with van der Waals surface area (Å²) in [6.07, 6.45) is 7.68. The maximum Gasteiger partial charge on any atom is 0.233 e. The number of hydrogen-bond donors (Lipinski definition) is 0. The number of aromatic nitrogens is 3. The van der Waals surface area contributed by atoms with Crippen LogP contribution in [-0.4, -0.2) is 32.7 Å². The highest BCUT2D eigenvalue weighted by Crippen LogP contribution is 2.31. The molecule has 0 N–H and O–H groups in total. The molecule has 5 nitrogen and oxygen atoms in total. The van der Waals surface area contributed by atoms with Crippen molar-refractivity contribution in [3.05, 3.63) is 72.3 Å². The first-order valence-corrected chi connectivity index (χ1v) is 12.8. The van der Waals surface area contributed by atoms with Crippen molar-refractivity contribution in [1.82, 2.24) is 14.5 Å². The third-order valence-corrected chi connectivity index (χ3v) is 7.29. The van der Waals surface area contributed by atoms with Crippen molar-refractivity contribution in [3.8, 4) is 0 Å². The fourth-order valence-electron chi connectivity index (χ4n) is 3.69. The van der Waals surface area contributed by atoms with Gasteiger partial charge in [0.15, 0.2) is 5.13 Å². The number of benzene rings is 2. The number of amides is 1. The number of para-hydroxylation sites is 1. The Morgan fingerprint density at radius 3 is 2.72 bits per heavy atom. The summed E-state index contributed by atoms with van der Waals surface area (Å²) in [4.78, 5) is 25.5. The minimum Gasteiger partial charge on any atom is -0.337 e. The summed E-state index contributed by atoms with van der Waals surface area (Å²) in [5.74, 6) is 1.13. The number of thiazole rings is 1. The Kier molecular flexibility index (Phi) is 7.60. The molecule has 32 heavy (non-hydrogen) atoms. The van der Waals surface area contributed by atoms with Gasteiger partial charge in [0.05, 0.1) is 23.0 Å². The van der Waals surface area contributed by atoms with Crippen LogP contribution in [0.25, 0.3) is 10.2 Å². The van der Waals surface area contributed by atoms with Crippen molar-refractivity contribution in [3.63, 3.8) is 0 Å². The van der Waals surface area contributed by atoms with E-state index in [4.69, 9.17) is 4.98 Å². The van der Waals surface area contributed by atoms with Crippen molar-refractivity contribution in [2.45, 2.75) is 44.6 Å². The van der Waals surface area contributed by atoms with E-state index in [0.29, 0.717) is 13.0 Å². The highest BCUT2D eigenvalue weighted by Gasteiger charge is 2.20. The smallest absolute Gasteiger partial charge is 0.233 e. The summed E-state index contributed by atoms with van der Waals surface area (Å²) < 4.78 is 3.17. The van der Waals surface area contributed by atoms with E-state index in [1.807, 2.05) is 33.8 Å². The van der Waals surface area contributed by atoms with Gasteiger partial charge in [-0.1, -0.05) is 49.4 Å². The monoisotopic (exact) mass is 464 g/mol. The number of aryl methyl sites for hydroxylation is 2. The van der Waals surface area contributed by atoms with Gasteiger partial charge in [0.25, 0.3) is 0 Å². The van der Waals surface area contributed by atoms with Gasteiger partial charge < -0.3 is 4.57 Å². The first kappa shape index (κ1) is 22.6. The number of imidazole rings is 1. The van der Waals surface area contributed by atoms with Gasteiger partial charge in [-0.05, 0) is 47.9 Å². The molecule has 0 saturated carbocycles. The maximum absolute atomic E-state index is 13.4. The molecular formula is C25H28N4OS2. The molecule has 0 aliphatic heterocycles. The number of thioether (sulfide) groups is 1. The summed E-state index contributed by atoms with van der Waals surface area (Å²) in [5, 5.41) is 0.787. The van der Waals surface area contributed by atoms with E-state index in [2.05, 4.69) is 61.3 Å². The minimum absolute atomic E-state index is 0.0867. The fraction of sp³-hybridized carbons (Fsp3) is 0.320. The molecule has 0 bridgehead atoms. The van der Waals surface area contributed by atoms with Crippen LogP contribution < -0.4 is 4.90 Å². The zero-order valence-corrected chi connectivity index (χ0v) is 20.2. The van der Waals surface area contributed by atoms with Crippen molar-refractivity contribution >= 4 is 44.4 Å². The molecule has 4 rings (SSSR count). The molecule has 2 aromatic carbocycles. The maximum atomic E-state index is 13.4. The van der Waals surface area contributed by atoms with Gasteiger partial charge in [-0.15, -0.1) is 11.8 Å². The number of nitrogens with zero attached hydrogens (tertiary/aromatic N) is 4. The molecule has 0 unspecified atom stereocenters. The minimum atomic E-state index is 0.0867. The molecule has 7 heteroatoms. The third kappa shape index (κ3) is 5.40. The molecule has 0 aliphatic carbocycles. The molecule has 1 amide bonds. The van der Waals surface area contributed by atoms with E-state index in [1.54, 1.807) is 17.5 Å². The van der Waals surface area contributed by atoms with Gasteiger partial charge in [0.2, 0.25) is 5.91 Å². The molecule has 4 aromatic rings. The van der Waals surface area contributed by atoms with Gasteiger partial charge >= 0.3 is 0 Å². The van der Waals surface area contributed by atoms with Gasteiger partial charge in [0.1, 0.15) is 0 Å². The van der Waals surface area contributed by atoms with E-state index < -0.39 is 0 Å². The van der Waals surface area contributed by atoms with E-state index in [9.17, 15) is 4.79 Å². The zero-order valence-electron chi connectivity index (χ0n) is 18.5. The molecule has 2 aromatic heterocycles. The standard InChI is InChI=1S/C25H28N4OS2/c1-3-20-7-5-8-22-24(20)27-25(32-22)29(15-6-14-28-16-13-26-18-28)23(30)17-19-9-11-21(12-10-19)31-4-2/h5,7-13,16,18H,3-4,6,14-15,17H2,1-2H3. The van der Waals surface area contributed by atoms with Crippen LogP contribution in [0, 0.1) is 0 Å². The predicted molar refractivity (Wildman–Crippen MR) is 135 cm³/mol. The summed E-state index contributed by atoms with van der Waals surface area (Å²) in [5.41, 5.74) is 3.27. The van der Waals surface area contributed by atoms with Crippen molar-refractivity contribution < 1.29 is 4.79 Å². The largest absolute Gasteiger partial charge is 0.337 e. The number of fused-ring (bicyclic) bond motifs is 1. The number of carbonyl (C=O) groups excluding carboxylic acids is 1. The molecule has 0 spiro atoms. The second-order valence-corrected chi connectivity index (χ2v) is 9.91. The van der Waals surface area contributed by atoms with Crippen LogP contribution in [0.2, 0.25) is 0 Å². The molecule has 0 aliphatic rings. The lowest BCUT2D eigenvalue weighted by Gasteiger charge is -2.20. The Morgan fingerprint density at radius 2 is 2.00 bits per heavy atom. The van der Waals surface area contributed by atoms with Crippen LogP contribution in [0.3, 0.4) is 0 Å². The number of hydrogen-bond acceptors (Lipinski definition) is 5. The summed E-state index contributed by atoms with van der Waals surface area (Å²) in [6.45, 7) is 5.73. The normalized spacial score (nSPS) is 11.2. The van der Waals surface area contributed by atoms with Gasteiger partial charge in [-0.25, -0.2) is 9.97 Å².